The van der Waals surface area contributed by atoms with Gasteiger partial charge in [-0.05, 0) is 19.8 Å². The van der Waals surface area contributed by atoms with E-state index in [1.165, 1.54) is 77.0 Å². The van der Waals surface area contributed by atoms with E-state index in [1.807, 2.05) is 6.08 Å². The van der Waals surface area contributed by atoms with E-state index in [0.717, 1.165) is 13.0 Å². The van der Waals surface area contributed by atoms with Crippen LogP contribution in [0.4, 0.5) is 0 Å². The van der Waals surface area contributed by atoms with Crippen molar-refractivity contribution >= 4 is 0 Å². The van der Waals surface area contributed by atoms with Gasteiger partial charge in [0.2, 0.25) is 0 Å². The highest BCUT2D eigenvalue weighted by atomic mass is 16.5. The van der Waals surface area contributed by atoms with Crippen molar-refractivity contribution in [1.82, 2.24) is 0 Å². The van der Waals surface area contributed by atoms with Crippen molar-refractivity contribution in [3.8, 4) is 0 Å². The van der Waals surface area contributed by atoms with Crippen LogP contribution in [0.5, 0.6) is 0 Å². The molecule has 0 saturated heterocycles. The summed E-state index contributed by atoms with van der Waals surface area (Å²) in [5.41, 5.74) is 0. The van der Waals surface area contributed by atoms with Crippen LogP contribution in [-0.2, 0) is 4.74 Å². The fourth-order valence-corrected chi connectivity index (χ4v) is 2.73. The van der Waals surface area contributed by atoms with E-state index in [4.69, 9.17) is 4.74 Å². The zero-order valence-corrected chi connectivity index (χ0v) is 14.2. The Labute approximate surface area is 128 Å². The van der Waals surface area contributed by atoms with Crippen molar-refractivity contribution in [3.05, 3.63) is 12.7 Å². The summed E-state index contributed by atoms with van der Waals surface area (Å²) in [5, 5.41) is 0. The van der Waals surface area contributed by atoms with Crippen molar-refractivity contribution in [2.75, 3.05) is 6.61 Å². The Balaban J connectivity index is 3.20. The maximum atomic E-state index is 5.70. The van der Waals surface area contributed by atoms with Crippen molar-refractivity contribution in [2.45, 2.75) is 103 Å². The largest absolute Gasteiger partial charge is 0.378 e. The number of ether oxygens (including phenoxy) is 1. The molecule has 0 aliphatic heterocycles. The Morgan fingerprint density at radius 2 is 1.30 bits per heavy atom. The van der Waals surface area contributed by atoms with Crippen LogP contribution < -0.4 is 0 Å². The zero-order valence-electron chi connectivity index (χ0n) is 14.2. The SMILES string of the molecule is C=CCC(CCCCCCCCCCCCC)OCC. The molecule has 0 N–H and O–H groups in total. The Bertz CT molecular complexity index is 188. The third-order valence-electron chi connectivity index (χ3n) is 3.96. The quantitative estimate of drug-likeness (QED) is 0.227. The molecule has 20 heavy (non-hydrogen) atoms. The Morgan fingerprint density at radius 3 is 1.75 bits per heavy atom. The summed E-state index contributed by atoms with van der Waals surface area (Å²) in [6, 6.07) is 0. The molecule has 0 amide bonds. The number of hydrogen-bond donors (Lipinski definition) is 0. The van der Waals surface area contributed by atoms with Gasteiger partial charge >= 0.3 is 0 Å². The second-order valence-electron chi connectivity index (χ2n) is 5.93. The van der Waals surface area contributed by atoms with Crippen molar-refractivity contribution in [3.63, 3.8) is 0 Å². The van der Waals surface area contributed by atoms with E-state index in [9.17, 15) is 0 Å². The van der Waals surface area contributed by atoms with Crippen LogP contribution in [0.3, 0.4) is 0 Å². The molecule has 0 bridgehead atoms. The molecule has 0 radical (unpaired) electrons. The van der Waals surface area contributed by atoms with Gasteiger partial charge in [0.1, 0.15) is 0 Å². The van der Waals surface area contributed by atoms with E-state index >= 15 is 0 Å². The first-order chi connectivity index (χ1) is 9.85. The van der Waals surface area contributed by atoms with Gasteiger partial charge in [0.05, 0.1) is 6.10 Å². The van der Waals surface area contributed by atoms with E-state index in [0.29, 0.717) is 6.10 Å². The van der Waals surface area contributed by atoms with Crippen LogP contribution in [0.2, 0.25) is 0 Å². The lowest BCUT2D eigenvalue weighted by Crippen LogP contribution is -2.11. The third kappa shape index (κ3) is 14.1. The molecule has 1 unspecified atom stereocenters. The summed E-state index contributed by atoms with van der Waals surface area (Å²) >= 11 is 0. The summed E-state index contributed by atoms with van der Waals surface area (Å²) in [7, 11) is 0. The lowest BCUT2D eigenvalue weighted by atomic mass is 10.0. The smallest absolute Gasteiger partial charge is 0.0609 e. The number of rotatable bonds is 16. The molecule has 0 aromatic carbocycles. The standard InChI is InChI=1S/C19H38O/c1-4-7-8-9-10-11-12-13-14-15-16-18-19(17-5-2)20-6-3/h5,19H,2,4,6-18H2,1,3H3. The molecule has 120 valence electrons. The highest BCUT2D eigenvalue weighted by Gasteiger charge is 2.05. The van der Waals surface area contributed by atoms with Crippen LogP contribution in [0, 0.1) is 0 Å². The average Bonchev–Trinajstić information content (AvgIpc) is 2.45. The zero-order chi connectivity index (χ0) is 14.9. The first-order valence-corrected chi connectivity index (χ1v) is 9.07. The van der Waals surface area contributed by atoms with E-state index < -0.39 is 0 Å². The van der Waals surface area contributed by atoms with Crippen LogP contribution >= 0.6 is 0 Å². The molecule has 1 atom stereocenters. The lowest BCUT2D eigenvalue weighted by Gasteiger charge is -2.14. The normalized spacial score (nSPS) is 12.5. The second kappa shape index (κ2) is 16.8. The maximum Gasteiger partial charge on any atom is 0.0609 e. The van der Waals surface area contributed by atoms with Gasteiger partial charge in [-0.3, -0.25) is 0 Å². The molecule has 1 nitrogen and oxygen atoms in total. The Morgan fingerprint density at radius 1 is 0.800 bits per heavy atom. The Hall–Kier alpha value is -0.300. The molecule has 0 aliphatic carbocycles. The monoisotopic (exact) mass is 282 g/mol. The molecule has 1 heteroatoms. The highest BCUT2D eigenvalue weighted by Crippen LogP contribution is 2.14. The van der Waals surface area contributed by atoms with E-state index in [2.05, 4.69) is 20.4 Å². The molecule has 0 aliphatic rings. The van der Waals surface area contributed by atoms with Crippen LogP contribution in [-0.4, -0.2) is 12.7 Å². The summed E-state index contributed by atoms with van der Waals surface area (Å²) in [5.74, 6) is 0. The fourth-order valence-electron chi connectivity index (χ4n) is 2.73. The minimum absolute atomic E-state index is 0.413. The molecule has 0 fully saturated rings. The lowest BCUT2D eigenvalue weighted by molar-refractivity contribution is 0.0571. The predicted molar refractivity (Wildman–Crippen MR) is 91.3 cm³/mol. The third-order valence-corrected chi connectivity index (χ3v) is 3.96. The first kappa shape index (κ1) is 19.7. The van der Waals surface area contributed by atoms with Crippen molar-refractivity contribution in [2.24, 2.45) is 0 Å². The van der Waals surface area contributed by atoms with Gasteiger partial charge in [0.15, 0.2) is 0 Å². The van der Waals surface area contributed by atoms with Gasteiger partial charge in [0.25, 0.3) is 0 Å². The molecule has 0 aromatic rings. The summed E-state index contributed by atoms with van der Waals surface area (Å²) in [6.45, 7) is 9.00. The van der Waals surface area contributed by atoms with Gasteiger partial charge in [0, 0.05) is 6.61 Å². The number of unbranched alkanes of at least 4 members (excludes halogenated alkanes) is 10. The van der Waals surface area contributed by atoms with Crippen LogP contribution in [0.1, 0.15) is 97.3 Å². The molecular weight excluding hydrogens is 244 g/mol. The summed E-state index contributed by atoms with van der Waals surface area (Å²) < 4.78 is 5.70. The van der Waals surface area contributed by atoms with Crippen LogP contribution in [0.25, 0.3) is 0 Å². The van der Waals surface area contributed by atoms with Crippen molar-refractivity contribution < 1.29 is 4.74 Å². The molecule has 0 spiro atoms. The summed E-state index contributed by atoms with van der Waals surface area (Å²) in [6.07, 6.45) is 20.1. The van der Waals surface area contributed by atoms with Gasteiger partial charge < -0.3 is 4.74 Å². The molecule has 0 aromatic heterocycles. The van der Waals surface area contributed by atoms with Gasteiger partial charge in [-0.25, -0.2) is 0 Å². The second-order valence-corrected chi connectivity index (χ2v) is 5.93. The maximum absolute atomic E-state index is 5.70. The minimum atomic E-state index is 0.413. The predicted octanol–water partition coefficient (Wildman–Crippen LogP) is 6.67. The summed E-state index contributed by atoms with van der Waals surface area (Å²) in [4.78, 5) is 0. The topological polar surface area (TPSA) is 9.23 Å². The molecule has 0 heterocycles. The fraction of sp³-hybridized carbons (Fsp3) is 0.895. The van der Waals surface area contributed by atoms with Gasteiger partial charge in [-0.15, -0.1) is 6.58 Å². The molecular formula is C19H38O. The van der Waals surface area contributed by atoms with E-state index in [-0.39, 0.29) is 0 Å². The molecule has 0 saturated carbocycles. The number of hydrogen-bond acceptors (Lipinski definition) is 1. The van der Waals surface area contributed by atoms with E-state index in [1.54, 1.807) is 0 Å². The van der Waals surface area contributed by atoms with Gasteiger partial charge in [-0.1, -0.05) is 83.6 Å². The van der Waals surface area contributed by atoms with Crippen molar-refractivity contribution in [1.29, 1.82) is 0 Å². The average molecular weight is 283 g/mol. The van der Waals surface area contributed by atoms with Crippen LogP contribution in [0.15, 0.2) is 12.7 Å². The Kier molecular flexibility index (Phi) is 16.5. The molecule has 0 rings (SSSR count). The minimum Gasteiger partial charge on any atom is -0.378 e. The first-order valence-electron chi connectivity index (χ1n) is 9.07. The van der Waals surface area contributed by atoms with Gasteiger partial charge in [-0.2, -0.15) is 0 Å². The highest BCUT2D eigenvalue weighted by molar-refractivity contribution is 4.73.